The lowest BCUT2D eigenvalue weighted by atomic mass is 9.53. The first-order chi connectivity index (χ1) is 15.6. The Morgan fingerprint density at radius 3 is 2.70 bits per heavy atom. The van der Waals surface area contributed by atoms with E-state index >= 15 is 0 Å². The number of carbonyl (C=O) groups is 2. The second kappa shape index (κ2) is 9.10. The molecule has 4 atom stereocenters. The van der Waals surface area contributed by atoms with Crippen molar-refractivity contribution in [1.82, 2.24) is 15.4 Å². The Labute approximate surface area is 202 Å². The number of aliphatic hydroxyl groups excluding tert-OH is 1. The molecule has 0 aliphatic carbocycles. The standard InChI is InChI=1S/C22H24B2BrN4O4/c1-11(2)18(16-9-17(24-23)28-33-16)20(31)29-10-14(30)8-15(29)19-26-21(32)22(3,27-19)12-4-6-13(25)7-5-12/h4-7,9,11,14-15,18,30H,8,10H2,1-3H3,(H,26,27,32)/t14-,15?,18?,22+/m1/s1. The molecule has 1 fully saturated rings. The van der Waals surface area contributed by atoms with Crippen LogP contribution in [-0.2, 0) is 15.1 Å². The molecule has 8 nitrogen and oxygen atoms in total. The van der Waals surface area contributed by atoms with Crippen molar-refractivity contribution < 1.29 is 19.2 Å². The van der Waals surface area contributed by atoms with Crippen molar-refractivity contribution in [1.29, 1.82) is 0 Å². The monoisotopic (exact) mass is 509 g/mol. The van der Waals surface area contributed by atoms with E-state index in [2.05, 4.69) is 26.4 Å². The summed E-state index contributed by atoms with van der Waals surface area (Å²) in [4.78, 5) is 32.9. The molecule has 1 aromatic carbocycles. The van der Waals surface area contributed by atoms with Crippen molar-refractivity contribution in [2.45, 2.75) is 50.8 Å². The first-order valence-corrected chi connectivity index (χ1v) is 11.6. The summed E-state index contributed by atoms with van der Waals surface area (Å²) in [5.74, 6) is -0.416. The summed E-state index contributed by atoms with van der Waals surface area (Å²) in [5, 5.41) is 17.2. The van der Waals surface area contributed by atoms with E-state index in [0.29, 0.717) is 17.2 Å². The SMILES string of the molecule is [B][B]c1cc(C(C(=O)N2C[C@H](O)CC2C2=N[C@@](C)(c3ccc(Br)cc3)C(=O)N2)C(C)C)on1. The fraction of sp³-hybridized carbons (Fsp3) is 0.455. The Kier molecular flexibility index (Phi) is 6.55. The minimum Gasteiger partial charge on any atom is -0.391 e. The van der Waals surface area contributed by atoms with E-state index in [9.17, 15) is 14.7 Å². The summed E-state index contributed by atoms with van der Waals surface area (Å²) in [7, 11) is 6.83. The number of halogens is 1. The molecule has 1 aromatic heterocycles. The van der Waals surface area contributed by atoms with Gasteiger partial charge in [0.2, 0.25) is 5.91 Å². The lowest BCUT2D eigenvalue weighted by Crippen LogP contribution is -2.48. The van der Waals surface area contributed by atoms with E-state index in [1.54, 1.807) is 17.9 Å². The van der Waals surface area contributed by atoms with Crippen LogP contribution in [0.5, 0.6) is 0 Å². The number of hydrogen-bond donors (Lipinski definition) is 2. The molecule has 2 aromatic rings. The molecule has 169 valence electrons. The molecule has 2 unspecified atom stereocenters. The molecule has 0 saturated carbocycles. The first-order valence-electron chi connectivity index (χ1n) is 10.8. The van der Waals surface area contributed by atoms with E-state index in [-0.39, 0.29) is 30.7 Å². The third kappa shape index (κ3) is 4.40. The van der Waals surface area contributed by atoms with Crippen LogP contribution in [0, 0.1) is 5.92 Å². The smallest absolute Gasteiger partial charge is 0.257 e. The summed E-state index contributed by atoms with van der Waals surface area (Å²) in [5.41, 5.74) is 0.0630. The molecular formula is C22H24B2BrN4O4. The highest BCUT2D eigenvalue weighted by atomic mass is 79.9. The number of amides is 2. The normalized spacial score (nSPS) is 25.8. The number of rotatable bonds is 6. The van der Waals surface area contributed by atoms with E-state index < -0.39 is 23.6 Å². The van der Waals surface area contributed by atoms with Gasteiger partial charge in [-0.05, 0) is 36.6 Å². The zero-order chi connectivity index (χ0) is 23.9. The largest absolute Gasteiger partial charge is 0.391 e. The molecule has 2 aliphatic rings. The van der Waals surface area contributed by atoms with Gasteiger partial charge >= 0.3 is 0 Å². The van der Waals surface area contributed by atoms with Crippen molar-refractivity contribution in [3.8, 4) is 0 Å². The Hall–Kier alpha value is -2.39. The van der Waals surface area contributed by atoms with Gasteiger partial charge in [0, 0.05) is 30.8 Å². The highest BCUT2D eigenvalue weighted by Crippen LogP contribution is 2.35. The van der Waals surface area contributed by atoms with Gasteiger partial charge in [-0.25, -0.2) is 4.99 Å². The third-order valence-corrected chi connectivity index (χ3v) is 6.80. The van der Waals surface area contributed by atoms with Crippen molar-refractivity contribution in [3.05, 3.63) is 46.1 Å². The van der Waals surface area contributed by atoms with Crippen LogP contribution in [0.2, 0.25) is 0 Å². The fourth-order valence-corrected chi connectivity index (χ4v) is 4.71. The molecule has 11 heteroatoms. The highest BCUT2D eigenvalue weighted by molar-refractivity contribution is 9.10. The summed E-state index contributed by atoms with van der Waals surface area (Å²) in [6.45, 7) is 5.71. The molecule has 33 heavy (non-hydrogen) atoms. The number of likely N-dealkylation sites (tertiary alicyclic amines) is 1. The minimum atomic E-state index is -1.12. The number of amidine groups is 1. The molecule has 0 spiro atoms. The van der Waals surface area contributed by atoms with Crippen LogP contribution >= 0.6 is 15.9 Å². The quantitative estimate of drug-likeness (QED) is 0.565. The molecule has 1 saturated heterocycles. The summed E-state index contributed by atoms with van der Waals surface area (Å²) >= 11 is 3.40. The average molecular weight is 510 g/mol. The Morgan fingerprint density at radius 2 is 2.09 bits per heavy atom. The highest BCUT2D eigenvalue weighted by Gasteiger charge is 2.48. The van der Waals surface area contributed by atoms with Crippen LogP contribution < -0.4 is 10.9 Å². The van der Waals surface area contributed by atoms with Gasteiger partial charge in [0.1, 0.15) is 24.7 Å². The number of β-amino-alcohol motifs (C(OH)–C–C–N with tert-alkyl or cyclic N) is 1. The van der Waals surface area contributed by atoms with Gasteiger partial charge in [0.15, 0.2) is 5.54 Å². The van der Waals surface area contributed by atoms with E-state index in [1.807, 2.05) is 38.1 Å². The number of benzene rings is 1. The predicted molar refractivity (Wildman–Crippen MR) is 128 cm³/mol. The van der Waals surface area contributed by atoms with Gasteiger partial charge in [0.05, 0.1) is 12.1 Å². The average Bonchev–Trinajstić information content (AvgIpc) is 3.46. The minimum absolute atomic E-state index is 0.0948. The Balaban J connectivity index is 1.65. The van der Waals surface area contributed by atoms with Crippen LogP contribution in [0.4, 0.5) is 0 Å². The number of aliphatic hydroxyl groups is 1. The zero-order valence-corrected chi connectivity index (χ0v) is 20.2. The predicted octanol–water partition coefficient (Wildman–Crippen LogP) is 0.995. The molecule has 3 heterocycles. The van der Waals surface area contributed by atoms with Gasteiger partial charge in [0.25, 0.3) is 5.91 Å². The van der Waals surface area contributed by atoms with Gasteiger partial charge in [-0.3, -0.25) is 9.59 Å². The third-order valence-electron chi connectivity index (χ3n) is 6.27. The number of nitrogens with zero attached hydrogens (tertiary/aromatic N) is 3. The number of hydrogen-bond acceptors (Lipinski definition) is 6. The van der Waals surface area contributed by atoms with Crippen LogP contribution in [0.25, 0.3) is 0 Å². The molecule has 2 amide bonds. The molecule has 2 aliphatic heterocycles. The molecule has 4 rings (SSSR count). The molecular weight excluding hydrogens is 486 g/mol. The Bertz CT molecular complexity index is 1090. The van der Waals surface area contributed by atoms with E-state index in [1.165, 1.54) is 7.17 Å². The Morgan fingerprint density at radius 1 is 1.39 bits per heavy atom. The molecule has 2 N–H and O–H groups in total. The number of aromatic nitrogens is 1. The summed E-state index contributed by atoms with van der Waals surface area (Å²) in [6.07, 6.45) is -0.446. The van der Waals surface area contributed by atoms with Crippen molar-refractivity contribution in [2.75, 3.05) is 6.54 Å². The molecule has 0 bridgehead atoms. The van der Waals surface area contributed by atoms with Gasteiger partial charge in [-0.1, -0.05) is 47.1 Å². The van der Waals surface area contributed by atoms with Gasteiger partial charge < -0.3 is 19.8 Å². The summed E-state index contributed by atoms with van der Waals surface area (Å²) in [6, 6.07) is 8.48. The van der Waals surface area contributed by atoms with Crippen LogP contribution in [-0.4, -0.2) is 66.4 Å². The maximum Gasteiger partial charge on any atom is 0.257 e. The zero-order valence-electron chi connectivity index (χ0n) is 18.7. The summed E-state index contributed by atoms with van der Waals surface area (Å²) < 4.78 is 6.29. The lowest BCUT2D eigenvalue weighted by molar-refractivity contribution is -0.134. The number of aliphatic imine (C=N–C) groups is 1. The van der Waals surface area contributed by atoms with Gasteiger partial charge in [-0.2, -0.15) is 0 Å². The molecule has 3 radical (unpaired) electrons. The van der Waals surface area contributed by atoms with Crippen molar-refractivity contribution in [2.24, 2.45) is 10.9 Å². The van der Waals surface area contributed by atoms with Crippen molar-refractivity contribution in [3.63, 3.8) is 0 Å². The van der Waals surface area contributed by atoms with Crippen molar-refractivity contribution >= 4 is 54.1 Å². The maximum absolute atomic E-state index is 13.7. The van der Waals surface area contributed by atoms with Crippen LogP contribution in [0.3, 0.4) is 0 Å². The van der Waals surface area contributed by atoms with Crippen LogP contribution in [0.1, 0.15) is 44.4 Å². The van der Waals surface area contributed by atoms with Gasteiger partial charge in [-0.15, -0.1) is 0 Å². The second-order valence-corrected chi connectivity index (χ2v) is 9.88. The topological polar surface area (TPSA) is 108 Å². The number of nitrogens with one attached hydrogen (secondary N) is 1. The maximum atomic E-state index is 13.7. The van der Waals surface area contributed by atoms with Crippen LogP contribution in [0.15, 0.2) is 44.3 Å². The number of carbonyl (C=O) groups excluding carboxylic acids is 2. The fourth-order valence-electron chi connectivity index (χ4n) is 4.45. The van der Waals surface area contributed by atoms with E-state index in [0.717, 1.165) is 10.0 Å². The first kappa shape index (κ1) is 23.8. The second-order valence-electron chi connectivity index (χ2n) is 8.97. The lowest BCUT2D eigenvalue weighted by Gasteiger charge is -2.29. The van der Waals surface area contributed by atoms with E-state index in [4.69, 9.17) is 17.3 Å².